The highest BCUT2D eigenvalue weighted by atomic mass is 79.9. The van der Waals surface area contributed by atoms with Crippen LogP contribution in [0, 0.1) is 92.8 Å². The summed E-state index contributed by atoms with van der Waals surface area (Å²) in [5.41, 5.74) is 9.24. The maximum Gasteiger partial charge on any atom is 0.269 e. The average Bonchev–Trinajstić information content (AvgIpc) is 1.31. The van der Waals surface area contributed by atoms with E-state index in [4.69, 9.17) is 13.5 Å². The van der Waals surface area contributed by atoms with Gasteiger partial charge in [0.15, 0.2) is 11.6 Å². The summed E-state index contributed by atoms with van der Waals surface area (Å²) >= 11 is 3.44. The van der Waals surface area contributed by atoms with Gasteiger partial charge in [0, 0.05) is 53.8 Å². The Hall–Kier alpha value is -6.61. The van der Waals surface area contributed by atoms with Gasteiger partial charge in [-0.25, -0.2) is 5.90 Å². The normalized spacial score (nSPS) is 32.9. The lowest BCUT2D eigenvalue weighted by Crippen LogP contribution is -2.45. The lowest BCUT2D eigenvalue weighted by molar-refractivity contribution is -0.385. The van der Waals surface area contributed by atoms with Crippen LogP contribution in [0.5, 0.6) is 17.2 Å². The largest absolute Gasteiger partial charge is 0.508 e. The average molecular weight is 1300 g/mol. The number of ketones is 2. The Morgan fingerprint density at radius 3 is 1.44 bits per heavy atom. The van der Waals surface area contributed by atoms with E-state index >= 15 is 0 Å². The van der Waals surface area contributed by atoms with Gasteiger partial charge in [0.1, 0.15) is 23.9 Å². The van der Waals surface area contributed by atoms with Crippen molar-refractivity contribution in [3.05, 3.63) is 165 Å². The summed E-state index contributed by atoms with van der Waals surface area (Å²) < 4.78 is 17.4. The van der Waals surface area contributed by atoms with Gasteiger partial charge in [0.05, 0.1) is 47.7 Å². The zero-order valence-electron chi connectivity index (χ0n) is 54.0. The van der Waals surface area contributed by atoms with Crippen molar-refractivity contribution in [3.63, 3.8) is 0 Å². The van der Waals surface area contributed by atoms with E-state index in [1.54, 1.807) is 31.2 Å². The topological polar surface area (TPSA) is 299 Å². The standard InChI is InChI=1S/C26H30N2O5.C19H23BrO3.C19H24O3.C7H8N2O3/c1-15-11-19-18-9-10-26(2)22(7-8-25(26)30)20(18)12-23(21(19)13-24(15)29)27-33-14-16-3-5-17(6-4-16)28(31)32;1-9-7-12-10-5-6-19(2)13(3-4-15(19)22)11(10)8-14(21)16(12)17(20)18(9)23;1-10-7-12-11-5-6-19(2)15(3-4-18(19)22)13(11)8-17(21)14(12)9-16(10)20;8-12-5-6-1-3-7(4-2-6)9(10)11/h3-6,11,13,18,20,22,25,29-30H,7-10,12,14H2,1-2H3;7,10-11,13,15,22-23H,3-6,8H2,1-2H3;7,9,11,13,15,18,20,22H,3-6,8H2,1-2H3;1-4H,5,8H2/b27-23+;;;/t18?,20?,22?,25?,26-;10?,11?,13?,15?,19-;11?,13?,15?,18?,19-;/m000./s1/i13T;;9T;. The molecule has 9 aliphatic rings. The Kier molecular flexibility index (Phi) is 17.6. The van der Waals surface area contributed by atoms with E-state index in [1.165, 1.54) is 24.3 Å². The van der Waals surface area contributed by atoms with Crippen molar-refractivity contribution < 1.29 is 62.5 Å². The number of carbonyl (C=O) groups excluding carboxylic acids is 2. The third kappa shape index (κ3) is 11.8. The second-order valence-corrected chi connectivity index (χ2v) is 28.8. The molecule has 18 nitrogen and oxygen atoms in total. The highest BCUT2D eigenvalue weighted by Gasteiger charge is 2.58. The molecule has 0 spiro atoms. The molecule has 14 rings (SSSR count). The molecule has 90 heavy (non-hydrogen) atoms. The molecule has 0 aromatic heterocycles. The quantitative estimate of drug-likeness (QED) is 0.0589. The molecule has 0 amide bonds. The van der Waals surface area contributed by atoms with Crippen LogP contribution in [-0.4, -0.2) is 76.1 Å². The number of hydrogen-bond donors (Lipinski definition) is 7. The van der Waals surface area contributed by atoms with Gasteiger partial charge in [0.25, 0.3) is 11.4 Å². The number of aliphatic hydroxyl groups excluding tert-OH is 3. The van der Waals surface area contributed by atoms with E-state index < -0.39 is 9.85 Å². The number of rotatable bonds is 7. The van der Waals surface area contributed by atoms with Crippen molar-refractivity contribution >= 4 is 44.6 Å². The highest BCUT2D eigenvalue weighted by molar-refractivity contribution is 9.10. The monoisotopic (exact) mass is 1300 g/mol. The number of aromatic hydroxyl groups is 3. The third-order valence-corrected chi connectivity index (χ3v) is 24.2. The zero-order chi connectivity index (χ0) is 66.2. The fourth-order valence-electron chi connectivity index (χ4n) is 18.3. The molecular formula is C71H85BrN4O14. The predicted octanol–water partition coefficient (Wildman–Crippen LogP) is 14.1. The maximum absolute atomic E-state index is 12.8. The molecule has 0 bridgehead atoms. The van der Waals surface area contributed by atoms with E-state index in [-0.39, 0.29) is 118 Å². The molecule has 0 heterocycles. The molecule has 6 saturated carbocycles. The minimum absolute atomic E-state index is 0.00300. The predicted molar refractivity (Wildman–Crippen MR) is 342 cm³/mol. The van der Waals surface area contributed by atoms with Crippen LogP contribution in [0.3, 0.4) is 0 Å². The van der Waals surface area contributed by atoms with E-state index in [2.05, 4.69) is 46.7 Å². The Bertz CT molecular complexity index is 3640. The number of nitrogens with two attached hydrogens (primary N) is 1. The van der Waals surface area contributed by atoms with Gasteiger partial charge in [-0.3, -0.25) is 34.7 Å². The number of Topliss-reactive ketones (excluding diaryl/α,β-unsaturated/α-hetero) is 2. The van der Waals surface area contributed by atoms with Gasteiger partial charge < -0.3 is 35.5 Å². The van der Waals surface area contributed by atoms with E-state index in [1.807, 2.05) is 32.0 Å². The maximum atomic E-state index is 12.8. The lowest BCUT2D eigenvalue weighted by Gasteiger charge is -2.50. The summed E-state index contributed by atoms with van der Waals surface area (Å²) in [6.45, 7) is 12.5. The van der Waals surface area contributed by atoms with Gasteiger partial charge in [-0.05, 0) is 271 Å². The fraction of sp³-hybridized carbons (Fsp3) is 0.535. The minimum atomic E-state index is -0.451. The van der Waals surface area contributed by atoms with Crippen LogP contribution < -0.4 is 5.90 Å². The highest BCUT2D eigenvalue weighted by Crippen LogP contribution is 2.64. The second kappa shape index (κ2) is 25.5. The van der Waals surface area contributed by atoms with Crippen molar-refractivity contribution in [2.45, 2.75) is 187 Å². The number of nitro groups is 2. The molecule has 0 radical (unpaired) electrons. The van der Waals surface area contributed by atoms with Gasteiger partial charge >= 0.3 is 0 Å². The van der Waals surface area contributed by atoms with Gasteiger partial charge in [-0.2, -0.15) is 0 Å². The van der Waals surface area contributed by atoms with E-state index in [0.29, 0.717) is 92.8 Å². The molecule has 0 aliphatic heterocycles. The second-order valence-electron chi connectivity index (χ2n) is 28.1. The third-order valence-electron chi connectivity index (χ3n) is 23.4. The molecule has 15 atom stereocenters. The molecule has 9 aliphatic carbocycles. The molecule has 0 saturated heterocycles. The van der Waals surface area contributed by atoms with Crippen LogP contribution in [0.1, 0.15) is 208 Å². The Morgan fingerprint density at radius 1 is 0.589 bits per heavy atom. The number of phenols is 3. The number of nitrogens with zero attached hydrogens (tertiary/aromatic N) is 3. The first-order valence-corrected chi connectivity index (χ1v) is 32.7. The van der Waals surface area contributed by atoms with Crippen LogP contribution in [0.15, 0.2) is 88.4 Å². The minimum Gasteiger partial charge on any atom is -0.508 e. The number of halogens is 1. The number of nitro benzene ring substituents is 2. The van der Waals surface area contributed by atoms with Crippen molar-refractivity contribution in [2.75, 3.05) is 0 Å². The first-order chi connectivity index (χ1) is 43.6. The zero-order valence-corrected chi connectivity index (χ0v) is 53.6. The summed E-state index contributed by atoms with van der Waals surface area (Å²) in [4.78, 5) is 55.7. The van der Waals surface area contributed by atoms with Gasteiger partial charge in [-0.1, -0.05) is 44.1 Å². The Balaban J connectivity index is 0.000000132. The summed E-state index contributed by atoms with van der Waals surface area (Å²) in [5, 5.41) is 87.8. The van der Waals surface area contributed by atoms with Gasteiger partial charge in [0.2, 0.25) is 0 Å². The number of aryl methyl sites for hydroxylation is 3. The molecular weight excluding hydrogens is 1210 g/mol. The van der Waals surface area contributed by atoms with Gasteiger partial charge in [-0.15, -0.1) is 0 Å². The number of aliphatic hydroxyl groups is 3. The number of benzene rings is 5. The number of fused-ring (bicyclic) bond motifs is 15. The van der Waals surface area contributed by atoms with Crippen LogP contribution in [0.2, 0.25) is 0 Å². The van der Waals surface area contributed by atoms with Crippen LogP contribution in [-0.2, 0) is 22.9 Å². The molecule has 6 fully saturated rings. The van der Waals surface area contributed by atoms with Crippen LogP contribution >= 0.6 is 15.9 Å². The molecule has 8 N–H and O–H groups in total. The van der Waals surface area contributed by atoms with Crippen LogP contribution in [0.25, 0.3) is 0 Å². The summed E-state index contributed by atoms with van der Waals surface area (Å²) in [6, 6.07) is 18.2. The summed E-state index contributed by atoms with van der Waals surface area (Å²) in [5.74, 6) is 8.08. The van der Waals surface area contributed by atoms with Crippen molar-refractivity contribution in [3.8, 4) is 17.2 Å². The summed E-state index contributed by atoms with van der Waals surface area (Å²) in [7, 11) is 0. The SMILES string of the molecule is Cc1cc2c(c(Br)c1O)C(=O)CC1C2CC[C@]2(C)C(O)CCC12.NOCc1ccc([N+](=O)[O-])cc1.[3H]c1c(O)c(C)cc2c1/C(=N/OCc1ccc([N+](=O)[O-])cc1)CC1C2CC[C@]2(C)C(O)CCC12.[3H]c1c(O)c(C)cc2c1C(=O)CC1C2CC[C@]2(C)C(O)CCC12. The van der Waals surface area contributed by atoms with Crippen LogP contribution in [0.4, 0.5) is 11.4 Å². The van der Waals surface area contributed by atoms with Crippen molar-refractivity contribution in [1.29, 1.82) is 0 Å². The molecule has 480 valence electrons. The number of oxime groups is 1. The lowest BCUT2D eigenvalue weighted by atomic mass is 9.55. The first kappa shape index (κ1) is 62.2. The molecule has 5 aromatic rings. The Labute approximate surface area is 536 Å². The number of hydrogen-bond acceptors (Lipinski definition) is 16. The van der Waals surface area contributed by atoms with E-state index in [0.717, 1.165) is 110 Å². The number of non-ortho nitro benzene ring substituents is 2. The smallest absolute Gasteiger partial charge is 0.269 e. The molecule has 12 unspecified atom stereocenters. The fourth-order valence-corrected chi connectivity index (χ4v) is 19.1. The first-order valence-electron chi connectivity index (χ1n) is 32.9. The van der Waals surface area contributed by atoms with Crippen molar-refractivity contribution in [2.24, 2.45) is 62.8 Å². The van der Waals surface area contributed by atoms with Crippen molar-refractivity contribution in [1.82, 2.24) is 0 Å². The summed E-state index contributed by atoms with van der Waals surface area (Å²) in [6.07, 6.45) is 12.3. The number of phenolic OH excluding ortho intramolecular Hbond substituents is 3. The molecule has 5 aromatic carbocycles. The number of carbonyl (C=O) groups is 2. The van der Waals surface area contributed by atoms with E-state index in [9.17, 15) is 60.5 Å². The molecule has 19 heteroatoms. The Morgan fingerprint density at radius 2 is 0.989 bits per heavy atom.